The second-order valence-corrected chi connectivity index (χ2v) is 5.69. The van der Waals surface area contributed by atoms with Crippen molar-refractivity contribution in [3.8, 4) is 5.75 Å². The molecule has 2 unspecified atom stereocenters. The summed E-state index contributed by atoms with van der Waals surface area (Å²) in [5.41, 5.74) is 4.06. The Morgan fingerprint density at radius 2 is 1.67 bits per heavy atom. The molecule has 0 aliphatic carbocycles. The Morgan fingerprint density at radius 1 is 1.00 bits per heavy atom. The molecular formula is C19H25NO. The van der Waals surface area contributed by atoms with Gasteiger partial charge in [-0.2, -0.15) is 0 Å². The highest BCUT2D eigenvalue weighted by atomic mass is 16.5. The average molecular weight is 283 g/mol. The van der Waals surface area contributed by atoms with Gasteiger partial charge < -0.3 is 10.1 Å². The molecule has 0 saturated heterocycles. The lowest BCUT2D eigenvalue weighted by Gasteiger charge is -2.21. The van der Waals surface area contributed by atoms with Gasteiger partial charge in [0, 0.05) is 12.1 Å². The van der Waals surface area contributed by atoms with E-state index >= 15 is 0 Å². The van der Waals surface area contributed by atoms with Crippen LogP contribution in [0.3, 0.4) is 0 Å². The lowest BCUT2D eigenvalue weighted by molar-refractivity contribution is 0.414. The SMILES string of the molecule is COc1ccc(C(C)NC(C)Cc2ccccc2C)cc1. The summed E-state index contributed by atoms with van der Waals surface area (Å²) in [6, 6.07) is 17.6. The van der Waals surface area contributed by atoms with Crippen LogP contribution < -0.4 is 10.1 Å². The third-order valence-corrected chi connectivity index (χ3v) is 3.94. The first kappa shape index (κ1) is 15.6. The molecule has 0 radical (unpaired) electrons. The minimum atomic E-state index is 0.329. The predicted octanol–water partition coefficient (Wildman–Crippen LogP) is 4.29. The normalized spacial score (nSPS) is 13.7. The van der Waals surface area contributed by atoms with E-state index in [9.17, 15) is 0 Å². The van der Waals surface area contributed by atoms with Crippen molar-refractivity contribution in [2.75, 3.05) is 7.11 Å². The fraction of sp³-hybridized carbons (Fsp3) is 0.368. The van der Waals surface area contributed by atoms with Gasteiger partial charge in [-0.05, 0) is 56.0 Å². The lowest BCUT2D eigenvalue weighted by atomic mass is 10.0. The van der Waals surface area contributed by atoms with E-state index in [0.717, 1.165) is 12.2 Å². The van der Waals surface area contributed by atoms with E-state index < -0.39 is 0 Å². The van der Waals surface area contributed by atoms with Crippen LogP contribution in [0.2, 0.25) is 0 Å². The second kappa shape index (κ2) is 7.28. The van der Waals surface area contributed by atoms with Gasteiger partial charge in [0.15, 0.2) is 0 Å². The van der Waals surface area contributed by atoms with Gasteiger partial charge in [-0.3, -0.25) is 0 Å². The molecule has 0 aliphatic heterocycles. The van der Waals surface area contributed by atoms with Crippen molar-refractivity contribution in [2.45, 2.75) is 39.3 Å². The molecule has 2 nitrogen and oxygen atoms in total. The highest BCUT2D eigenvalue weighted by molar-refractivity contribution is 5.29. The Balaban J connectivity index is 1.95. The van der Waals surface area contributed by atoms with Crippen molar-refractivity contribution in [3.63, 3.8) is 0 Å². The molecule has 0 bridgehead atoms. The molecule has 2 aromatic carbocycles. The summed E-state index contributed by atoms with van der Waals surface area (Å²) < 4.78 is 5.20. The first-order valence-electron chi connectivity index (χ1n) is 7.54. The molecule has 21 heavy (non-hydrogen) atoms. The standard InChI is InChI=1S/C19H25NO/c1-14-7-5-6-8-18(14)13-15(2)20-16(3)17-9-11-19(21-4)12-10-17/h5-12,15-16,20H,13H2,1-4H3. The number of nitrogens with one attached hydrogen (secondary N) is 1. The fourth-order valence-corrected chi connectivity index (χ4v) is 2.64. The smallest absolute Gasteiger partial charge is 0.118 e. The molecule has 2 heteroatoms. The van der Waals surface area contributed by atoms with Gasteiger partial charge in [0.2, 0.25) is 0 Å². The number of aryl methyl sites for hydroxylation is 1. The molecule has 112 valence electrons. The highest BCUT2D eigenvalue weighted by Gasteiger charge is 2.11. The molecule has 2 aromatic rings. The molecule has 0 fully saturated rings. The Labute approximate surface area is 128 Å². The Kier molecular flexibility index (Phi) is 5.40. The third kappa shape index (κ3) is 4.33. The van der Waals surface area contributed by atoms with Gasteiger partial charge in [0.1, 0.15) is 5.75 Å². The van der Waals surface area contributed by atoms with Crippen LogP contribution >= 0.6 is 0 Å². The molecule has 2 rings (SSSR count). The summed E-state index contributed by atoms with van der Waals surface area (Å²) in [6.45, 7) is 6.62. The second-order valence-electron chi connectivity index (χ2n) is 5.69. The minimum absolute atomic E-state index is 0.329. The summed E-state index contributed by atoms with van der Waals surface area (Å²) >= 11 is 0. The monoisotopic (exact) mass is 283 g/mol. The Hall–Kier alpha value is -1.80. The molecule has 0 saturated carbocycles. The zero-order valence-corrected chi connectivity index (χ0v) is 13.4. The molecule has 0 amide bonds. The van der Waals surface area contributed by atoms with Crippen LogP contribution in [0.1, 0.15) is 36.6 Å². The number of ether oxygens (including phenoxy) is 1. The first-order chi connectivity index (χ1) is 10.1. The van der Waals surface area contributed by atoms with Gasteiger partial charge in [-0.15, -0.1) is 0 Å². The van der Waals surface area contributed by atoms with Crippen LogP contribution in [0.5, 0.6) is 5.75 Å². The number of benzene rings is 2. The molecule has 2 atom stereocenters. The predicted molar refractivity (Wildman–Crippen MR) is 88.9 cm³/mol. The number of hydrogen-bond acceptors (Lipinski definition) is 2. The van der Waals surface area contributed by atoms with Crippen LogP contribution in [-0.4, -0.2) is 13.2 Å². The number of hydrogen-bond donors (Lipinski definition) is 1. The van der Waals surface area contributed by atoms with Gasteiger partial charge in [0.05, 0.1) is 7.11 Å². The van der Waals surface area contributed by atoms with Crippen LogP contribution in [0.15, 0.2) is 48.5 Å². The first-order valence-corrected chi connectivity index (χ1v) is 7.54. The number of methoxy groups -OCH3 is 1. The molecule has 0 aliphatic rings. The maximum absolute atomic E-state index is 5.20. The molecule has 0 aromatic heterocycles. The van der Waals surface area contributed by atoms with Crippen molar-refractivity contribution in [2.24, 2.45) is 0 Å². The number of rotatable bonds is 6. The minimum Gasteiger partial charge on any atom is -0.497 e. The molecular weight excluding hydrogens is 258 g/mol. The molecule has 1 N–H and O–H groups in total. The van der Waals surface area contributed by atoms with Crippen molar-refractivity contribution in [3.05, 3.63) is 65.2 Å². The van der Waals surface area contributed by atoms with Crippen LogP contribution in [-0.2, 0) is 6.42 Å². The van der Waals surface area contributed by atoms with E-state index in [4.69, 9.17) is 4.74 Å². The fourth-order valence-electron chi connectivity index (χ4n) is 2.64. The van der Waals surface area contributed by atoms with E-state index in [1.807, 2.05) is 12.1 Å². The molecule has 0 spiro atoms. The van der Waals surface area contributed by atoms with E-state index in [1.54, 1.807) is 7.11 Å². The largest absolute Gasteiger partial charge is 0.497 e. The Bertz CT molecular complexity index is 562. The van der Waals surface area contributed by atoms with Gasteiger partial charge >= 0.3 is 0 Å². The summed E-state index contributed by atoms with van der Waals surface area (Å²) in [4.78, 5) is 0. The quantitative estimate of drug-likeness (QED) is 0.854. The highest BCUT2D eigenvalue weighted by Crippen LogP contribution is 2.18. The lowest BCUT2D eigenvalue weighted by Crippen LogP contribution is -2.30. The summed E-state index contributed by atoms with van der Waals surface area (Å²) in [5.74, 6) is 0.902. The average Bonchev–Trinajstić information content (AvgIpc) is 2.49. The maximum Gasteiger partial charge on any atom is 0.118 e. The topological polar surface area (TPSA) is 21.3 Å². The van der Waals surface area contributed by atoms with Crippen LogP contribution in [0.25, 0.3) is 0 Å². The van der Waals surface area contributed by atoms with Gasteiger partial charge in [-0.1, -0.05) is 36.4 Å². The Morgan fingerprint density at radius 3 is 2.29 bits per heavy atom. The van der Waals surface area contributed by atoms with E-state index in [1.165, 1.54) is 16.7 Å². The van der Waals surface area contributed by atoms with Gasteiger partial charge in [0.25, 0.3) is 0 Å². The van der Waals surface area contributed by atoms with Crippen molar-refractivity contribution < 1.29 is 4.74 Å². The van der Waals surface area contributed by atoms with Crippen molar-refractivity contribution >= 4 is 0 Å². The third-order valence-electron chi connectivity index (χ3n) is 3.94. The van der Waals surface area contributed by atoms with E-state index in [2.05, 4.69) is 62.5 Å². The van der Waals surface area contributed by atoms with Crippen molar-refractivity contribution in [1.82, 2.24) is 5.32 Å². The maximum atomic E-state index is 5.20. The van der Waals surface area contributed by atoms with Crippen LogP contribution in [0, 0.1) is 6.92 Å². The summed E-state index contributed by atoms with van der Waals surface area (Å²) in [5, 5.41) is 3.67. The van der Waals surface area contributed by atoms with Crippen molar-refractivity contribution in [1.29, 1.82) is 0 Å². The zero-order valence-electron chi connectivity index (χ0n) is 13.4. The summed E-state index contributed by atoms with van der Waals surface area (Å²) in [6.07, 6.45) is 1.05. The summed E-state index contributed by atoms with van der Waals surface area (Å²) in [7, 11) is 1.70. The van der Waals surface area contributed by atoms with Gasteiger partial charge in [-0.25, -0.2) is 0 Å². The van der Waals surface area contributed by atoms with E-state index in [-0.39, 0.29) is 0 Å². The molecule has 0 heterocycles. The zero-order chi connectivity index (χ0) is 15.2. The van der Waals surface area contributed by atoms with E-state index in [0.29, 0.717) is 12.1 Å². The van der Waals surface area contributed by atoms with Crippen LogP contribution in [0.4, 0.5) is 0 Å².